The molecule has 10 heteroatoms. The Balaban J connectivity index is 1.44. The lowest BCUT2D eigenvalue weighted by atomic mass is 9.87. The minimum Gasteiger partial charge on any atom is -0.492 e. The summed E-state index contributed by atoms with van der Waals surface area (Å²) in [6, 6.07) is 9.61. The highest BCUT2D eigenvalue weighted by Crippen LogP contribution is 2.30. The highest BCUT2D eigenvalue weighted by atomic mass is 35.5. The van der Waals surface area contributed by atoms with Crippen LogP contribution >= 0.6 is 23.2 Å². The summed E-state index contributed by atoms with van der Waals surface area (Å²) in [6.07, 6.45) is 2.40. The van der Waals surface area contributed by atoms with E-state index in [1.54, 1.807) is 30.3 Å². The number of carbonyl (C=O) groups is 3. The van der Waals surface area contributed by atoms with Crippen molar-refractivity contribution < 1.29 is 29.0 Å². The van der Waals surface area contributed by atoms with Crippen LogP contribution in [0.15, 0.2) is 36.4 Å². The predicted octanol–water partition coefficient (Wildman–Crippen LogP) is 4.57. The Morgan fingerprint density at radius 3 is 2.23 bits per heavy atom. The van der Waals surface area contributed by atoms with Gasteiger partial charge in [-0.15, -0.1) is 0 Å². The van der Waals surface area contributed by atoms with Crippen LogP contribution in [-0.4, -0.2) is 48.7 Å². The molecule has 2 aromatic rings. The first kappa shape index (κ1) is 26.6. The molecule has 2 amide bonds. The van der Waals surface area contributed by atoms with Gasteiger partial charge in [0.1, 0.15) is 11.5 Å². The molecule has 0 saturated heterocycles. The Morgan fingerprint density at radius 2 is 1.63 bits per heavy atom. The largest absolute Gasteiger partial charge is 0.492 e. The van der Waals surface area contributed by atoms with E-state index >= 15 is 0 Å². The number of benzene rings is 2. The maximum atomic E-state index is 12.5. The molecular weight excluding hydrogens is 495 g/mol. The van der Waals surface area contributed by atoms with E-state index in [1.807, 2.05) is 6.92 Å². The zero-order valence-electron chi connectivity index (χ0n) is 19.3. The SMILES string of the molecule is CCOc1ccc(C(=O)NCCNC(=O)c2ccc(O[C@H]3CC[C@@H](C(=O)O)CC3)cc2Cl)cc1Cl. The number of hydrogen-bond acceptors (Lipinski definition) is 5. The summed E-state index contributed by atoms with van der Waals surface area (Å²) in [4.78, 5) is 35.9. The van der Waals surface area contributed by atoms with E-state index in [1.165, 1.54) is 6.07 Å². The van der Waals surface area contributed by atoms with Gasteiger partial charge in [0.25, 0.3) is 11.8 Å². The summed E-state index contributed by atoms with van der Waals surface area (Å²) in [5.41, 5.74) is 0.679. The van der Waals surface area contributed by atoms with Gasteiger partial charge in [-0.25, -0.2) is 0 Å². The van der Waals surface area contributed by atoms with Gasteiger partial charge in [0.05, 0.1) is 34.2 Å². The van der Waals surface area contributed by atoms with Crippen LogP contribution in [0.2, 0.25) is 10.0 Å². The molecule has 1 aliphatic rings. The van der Waals surface area contributed by atoms with Crippen molar-refractivity contribution in [3.8, 4) is 11.5 Å². The van der Waals surface area contributed by atoms with Crippen LogP contribution in [0.5, 0.6) is 11.5 Å². The fourth-order valence-corrected chi connectivity index (χ4v) is 4.33. The molecule has 0 heterocycles. The number of carbonyl (C=O) groups excluding carboxylic acids is 2. The number of amides is 2. The summed E-state index contributed by atoms with van der Waals surface area (Å²) in [5, 5.41) is 15.1. The molecule has 35 heavy (non-hydrogen) atoms. The summed E-state index contributed by atoms with van der Waals surface area (Å²) in [5.74, 6) is -0.721. The van der Waals surface area contributed by atoms with E-state index in [2.05, 4.69) is 10.6 Å². The van der Waals surface area contributed by atoms with Gasteiger partial charge in [0.2, 0.25) is 0 Å². The van der Waals surface area contributed by atoms with E-state index in [4.69, 9.17) is 37.8 Å². The zero-order chi connectivity index (χ0) is 25.4. The van der Waals surface area contributed by atoms with Crippen molar-refractivity contribution in [3.05, 3.63) is 57.6 Å². The lowest BCUT2D eigenvalue weighted by molar-refractivity contribution is -0.143. The first-order valence-electron chi connectivity index (χ1n) is 11.5. The van der Waals surface area contributed by atoms with Crippen LogP contribution in [0.3, 0.4) is 0 Å². The third-order valence-electron chi connectivity index (χ3n) is 5.70. The molecule has 188 valence electrons. The van der Waals surface area contributed by atoms with Gasteiger partial charge >= 0.3 is 5.97 Å². The van der Waals surface area contributed by atoms with Gasteiger partial charge in [-0.1, -0.05) is 23.2 Å². The van der Waals surface area contributed by atoms with Gasteiger partial charge < -0.3 is 25.2 Å². The van der Waals surface area contributed by atoms with Gasteiger partial charge in [-0.05, 0) is 69.0 Å². The van der Waals surface area contributed by atoms with Crippen molar-refractivity contribution in [2.24, 2.45) is 5.92 Å². The molecule has 1 aliphatic carbocycles. The minimum atomic E-state index is -0.762. The first-order chi connectivity index (χ1) is 16.8. The smallest absolute Gasteiger partial charge is 0.306 e. The summed E-state index contributed by atoms with van der Waals surface area (Å²) >= 11 is 12.4. The molecule has 1 saturated carbocycles. The molecule has 0 aromatic heterocycles. The van der Waals surface area contributed by atoms with Crippen molar-refractivity contribution in [1.82, 2.24) is 10.6 Å². The first-order valence-corrected chi connectivity index (χ1v) is 12.2. The lowest BCUT2D eigenvalue weighted by Gasteiger charge is -2.26. The Labute approximate surface area is 213 Å². The van der Waals surface area contributed by atoms with Crippen molar-refractivity contribution in [2.75, 3.05) is 19.7 Å². The Bertz CT molecular complexity index is 1070. The number of aliphatic carboxylic acids is 1. The fraction of sp³-hybridized carbons (Fsp3) is 0.400. The quantitative estimate of drug-likeness (QED) is 0.393. The second-order valence-corrected chi connectivity index (χ2v) is 8.98. The standard InChI is InChI=1S/C25H28Cl2N2O6/c1-2-34-22-10-5-16(13-21(22)27)23(30)28-11-12-29-24(31)19-9-8-18(14-20(19)26)35-17-6-3-15(4-7-17)25(32)33/h5,8-10,13-15,17H,2-4,6-7,11-12H2,1H3,(H,28,30)(H,29,31)(H,32,33)/t15-,17+. The number of ether oxygens (including phenoxy) is 2. The number of halogens is 2. The van der Waals surface area contributed by atoms with E-state index in [9.17, 15) is 14.4 Å². The molecule has 0 radical (unpaired) electrons. The van der Waals surface area contributed by atoms with Crippen LogP contribution in [-0.2, 0) is 4.79 Å². The van der Waals surface area contributed by atoms with Crippen LogP contribution in [0.25, 0.3) is 0 Å². The number of rotatable bonds is 10. The highest BCUT2D eigenvalue weighted by molar-refractivity contribution is 6.34. The monoisotopic (exact) mass is 522 g/mol. The number of carboxylic acids is 1. The molecule has 2 aromatic carbocycles. The van der Waals surface area contributed by atoms with Gasteiger partial charge in [-0.3, -0.25) is 14.4 Å². The molecule has 0 bridgehead atoms. The van der Waals surface area contributed by atoms with Crippen molar-refractivity contribution in [2.45, 2.75) is 38.7 Å². The third-order valence-corrected chi connectivity index (χ3v) is 6.31. The van der Waals surface area contributed by atoms with Crippen LogP contribution in [0, 0.1) is 5.92 Å². The van der Waals surface area contributed by atoms with Crippen molar-refractivity contribution >= 4 is 41.0 Å². The zero-order valence-corrected chi connectivity index (χ0v) is 20.8. The topological polar surface area (TPSA) is 114 Å². The highest BCUT2D eigenvalue weighted by Gasteiger charge is 2.27. The van der Waals surface area contributed by atoms with Gasteiger partial charge in [-0.2, -0.15) is 0 Å². The maximum absolute atomic E-state index is 12.5. The van der Waals surface area contributed by atoms with Gasteiger partial charge in [0, 0.05) is 18.7 Å². The summed E-state index contributed by atoms with van der Waals surface area (Å²) < 4.78 is 11.3. The van der Waals surface area contributed by atoms with E-state index in [0.29, 0.717) is 59.9 Å². The third kappa shape index (κ3) is 7.50. The van der Waals surface area contributed by atoms with E-state index < -0.39 is 5.97 Å². The Kier molecular flexibility index (Phi) is 9.63. The minimum absolute atomic E-state index is 0.0739. The van der Waals surface area contributed by atoms with Crippen molar-refractivity contribution in [3.63, 3.8) is 0 Å². The molecule has 1 fully saturated rings. The van der Waals surface area contributed by atoms with Crippen LogP contribution in [0.4, 0.5) is 0 Å². The van der Waals surface area contributed by atoms with E-state index in [-0.39, 0.29) is 41.9 Å². The van der Waals surface area contributed by atoms with Crippen LogP contribution < -0.4 is 20.1 Å². The molecule has 0 spiro atoms. The predicted molar refractivity (Wildman–Crippen MR) is 133 cm³/mol. The molecular formula is C25H28Cl2N2O6. The normalized spacial score (nSPS) is 17.3. The average Bonchev–Trinajstić information content (AvgIpc) is 2.83. The average molecular weight is 523 g/mol. The Hall–Kier alpha value is -2.97. The summed E-state index contributed by atoms with van der Waals surface area (Å²) in [6.45, 7) is 2.74. The second kappa shape index (κ2) is 12.7. The molecule has 0 unspecified atom stereocenters. The Morgan fingerprint density at radius 1 is 0.943 bits per heavy atom. The molecule has 3 N–H and O–H groups in total. The van der Waals surface area contributed by atoms with Gasteiger partial charge in [0.15, 0.2) is 0 Å². The number of hydrogen-bond donors (Lipinski definition) is 3. The maximum Gasteiger partial charge on any atom is 0.306 e. The molecule has 8 nitrogen and oxygen atoms in total. The molecule has 0 atom stereocenters. The molecule has 3 rings (SSSR count). The fourth-order valence-electron chi connectivity index (χ4n) is 3.84. The number of carboxylic acid groups (broad SMARTS) is 1. The second-order valence-electron chi connectivity index (χ2n) is 8.16. The summed E-state index contributed by atoms with van der Waals surface area (Å²) in [7, 11) is 0. The van der Waals surface area contributed by atoms with E-state index in [0.717, 1.165) is 0 Å². The lowest BCUT2D eigenvalue weighted by Crippen LogP contribution is -2.34. The van der Waals surface area contributed by atoms with Crippen LogP contribution in [0.1, 0.15) is 53.3 Å². The van der Waals surface area contributed by atoms with Crippen molar-refractivity contribution in [1.29, 1.82) is 0 Å². The number of nitrogens with one attached hydrogen (secondary N) is 2. The molecule has 0 aliphatic heterocycles.